The van der Waals surface area contributed by atoms with E-state index in [9.17, 15) is 4.79 Å². The Morgan fingerprint density at radius 1 is 0.920 bits per heavy atom. The summed E-state index contributed by atoms with van der Waals surface area (Å²) in [5.41, 5.74) is 1.79. The van der Waals surface area contributed by atoms with Crippen molar-refractivity contribution in [2.75, 3.05) is 7.11 Å². The quantitative estimate of drug-likeness (QED) is 0.263. The predicted octanol–water partition coefficient (Wildman–Crippen LogP) is 5.94. The Kier molecular flexibility index (Phi) is 3.89. The van der Waals surface area contributed by atoms with Crippen molar-refractivity contribution in [1.29, 1.82) is 0 Å². The van der Waals surface area contributed by atoms with Crippen LogP contribution in [-0.4, -0.2) is 13.1 Å². The van der Waals surface area contributed by atoms with E-state index in [1.54, 1.807) is 0 Å². The average Bonchev–Trinajstić information content (AvgIpc) is 2.66. The molecule has 4 aromatic carbocycles. The molecule has 0 aliphatic carbocycles. The van der Waals surface area contributed by atoms with Crippen LogP contribution in [-0.2, 0) is 9.53 Å². The average molecular weight is 328 g/mol. The Hall–Kier alpha value is -2.87. The Bertz CT molecular complexity index is 1090. The number of rotatable bonds is 4. The van der Waals surface area contributed by atoms with E-state index in [4.69, 9.17) is 4.74 Å². The van der Waals surface area contributed by atoms with Gasteiger partial charge in [0.2, 0.25) is 0 Å². The zero-order valence-electron chi connectivity index (χ0n) is 14.5. The molecule has 25 heavy (non-hydrogen) atoms. The van der Waals surface area contributed by atoms with E-state index in [2.05, 4.69) is 61.5 Å². The molecule has 0 fully saturated rings. The normalized spacial score (nSPS) is 12.3. The number of ether oxygens (including phenoxy) is 1. The molecule has 4 aromatic rings. The van der Waals surface area contributed by atoms with Crippen LogP contribution in [0.4, 0.5) is 0 Å². The van der Waals surface area contributed by atoms with Gasteiger partial charge in [-0.05, 0) is 50.4 Å². The molecular formula is C23H20O2. The lowest BCUT2D eigenvalue weighted by atomic mass is 9.91. The number of hydrogen-bond acceptors (Lipinski definition) is 2. The number of carbonyl (C=O) groups excluding carboxylic acids is 1. The van der Waals surface area contributed by atoms with E-state index in [0.717, 1.165) is 17.6 Å². The first-order valence-electron chi connectivity index (χ1n) is 8.68. The second-order valence-electron chi connectivity index (χ2n) is 6.42. The fourth-order valence-corrected chi connectivity index (χ4v) is 3.71. The van der Waals surface area contributed by atoms with Crippen molar-refractivity contribution in [2.45, 2.75) is 19.8 Å². The first kappa shape index (κ1) is 15.6. The van der Waals surface area contributed by atoms with Crippen LogP contribution in [0.1, 0.15) is 25.3 Å². The fourth-order valence-electron chi connectivity index (χ4n) is 3.71. The summed E-state index contributed by atoms with van der Waals surface area (Å²) in [7, 11) is 1.44. The fraction of sp³-hybridized carbons (Fsp3) is 0.174. The molecule has 0 aromatic heterocycles. The van der Waals surface area contributed by atoms with Gasteiger partial charge in [-0.2, -0.15) is 0 Å². The molecule has 0 atom stereocenters. The summed E-state index contributed by atoms with van der Waals surface area (Å²) < 4.78 is 4.96. The first-order chi connectivity index (χ1) is 12.2. The van der Waals surface area contributed by atoms with Crippen LogP contribution < -0.4 is 0 Å². The number of esters is 1. The minimum Gasteiger partial charge on any atom is -0.466 e. The second kappa shape index (κ2) is 6.21. The maximum Gasteiger partial charge on any atom is 0.333 e. The van der Waals surface area contributed by atoms with Crippen LogP contribution in [0, 0.1) is 0 Å². The van der Waals surface area contributed by atoms with Crippen LogP contribution in [0.15, 0.2) is 60.2 Å². The lowest BCUT2D eigenvalue weighted by molar-refractivity contribution is -0.136. The standard InChI is InChI=1S/C23H20O2/c1-3-5-19(23(24)25-2)14-18-11-10-17-9-8-15-6-4-7-16-12-13-20(18)22(17)21(15)16/h4,6-14H,3,5H2,1-2H3. The minimum atomic E-state index is -0.243. The van der Waals surface area contributed by atoms with Crippen molar-refractivity contribution in [2.24, 2.45) is 0 Å². The van der Waals surface area contributed by atoms with Crippen LogP contribution in [0.2, 0.25) is 0 Å². The van der Waals surface area contributed by atoms with Crippen molar-refractivity contribution >= 4 is 44.4 Å². The summed E-state index contributed by atoms with van der Waals surface area (Å²) in [5.74, 6) is -0.243. The second-order valence-corrected chi connectivity index (χ2v) is 6.42. The van der Waals surface area contributed by atoms with Gasteiger partial charge >= 0.3 is 5.97 Å². The molecule has 0 unspecified atom stereocenters. The van der Waals surface area contributed by atoms with Crippen molar-refractivity contribution in [3.63, 3.8) is 0 Å². The minimum absolute atomic E-state index is 0.243. The third-order valence-corrected chi connectivity index (χ3v) is 4.86. The largest absolute Gasteiger partial charge is 0.466 e. The Morgan fingerprint density at radius 2 is 1.56 bits per heavy atom. The van der Waals surface area contributed by atoms with Gasteiger partial charge < -0.3 is 4.74 Å². The molecule has 0 amide bonds. The van der Waals surface area contributed by atoms with E-state index in [0.29, 0.717) is 6.42 Å². The summed E-state index contributed by atoms with van der Waals surface area (Å²) in [6, 6.07) is 19.3. The molecule has 0 saturated carbocycles. The summed E-state index contributed by atoms with van der Waals surface area (Å²) in [4.78, 5) is 12.1. The molecule has 0 radical (unpaired) electrons. The summed E-state index contributed by atoms with van der Waals surface area (Å²) in [6.45, 7) is 2.07. The molecule has 4 rings (SSSR count). The SMILES string of the molecule is CCCC(=Cc1ccc2ccc3cccc4ccc1c2c34)C(=O)OC. The summed E-state index contributed by atoms with van der Waals surface area (Å²) in [5, 5.41) is 7.47. The van der Waals surface area contributed by atoms with Gasteiger partial charge in [-0.3, -0.25) is 0 Å². The van der Waals surface area contributed by atoms with Gasteiger partial charge in [0.15, 0.2) is 0 Å². The lowest BCUT2D eigenvalue weighted by Crippen LogP contribution is -2.04. The smallest absolute Gasteiger partial charge is 0.333 e. The van der Waals surface area contributed by atoms with Crippen LogP contribution >= 0.6 is 0 Å². The molecule has 0 heterocycles. The van der Waals surface area contributed by atoms with Gasteiger partial charge in [-0.15, -0.1) is 0 Å². The molecule has 0 N–H and O–H groups in total. The number of methoxy groups -OCH3 is 1. The van der Waals surface area contributed by atoms with Crippen LogP contribution in [0.25, 0.3) is 38.4 Å². The highest BCUT2D eigenvalue weighted by molar-refractivity contribution is 6.24. The monoisotopic (exact) mass is 328 g/mol. The van der Waals surface area contributed by atoms with Crippen LogP contribution in [0.3, 0.4) is 0 Å². The molecule has 0 spiro atoms. The lowest BCUT2D eigenvalue weighted by Gasteiger charge is -2.13. The molecule has 0 aliphatic heterocycles. The van der Waals surface area contributed by atoms with Gasteiger partial charge in [0.1, 0.15) is 0 Å². The summed E-state index contributed by atoms with van der Waals surface area (Å²) in [6.07, 6.45) is 3.61. The maximum atomic E-state index is 12.1. The van der Waals surface area contributed by atoms with Gasteiger partial charge in [-0.1, -0.05) is 67.9 Å². The Balaban J connectivity index is 2.03. The van der Waals surface area contributed by atoms with Gasteiger partial charge in [0.05, 0.1) is 7.11 Å². The zero-order valence-corrected chi connectivity index (χ0v) is 14.5. The Labute approximate surface area is 147 Å². The predicted molar refractivity (Wildman–Crippen MR) is 105 cm³/mol. The third kappa shape index (κ3) is 2.54. The maximum absolute atomic E-state index is 12.1. The number of carbonyl (C=O) groups is 1. The van der Waals surface area contributed by atoms with E-state index in [1.807, 2.05) is 6.08 Å². The van der Waals surface area contributed by atoms with E-state index in [1.165, 1.54) is 39.4 Å². The van der Waals surface area contributed by atoms with Crippen molar-refractivity contribution in [1.82, 2.24) is 0 Å². The topological polar surface area (TPSA) is 26.3 Å². The number of hydrogen-bond donors (Lipinski definition) is 0. The van der Waals surface area contributed by atoms with Gasteiger partial charge in [0, 0.05) is 5.57 Å². The van der Waals surface area contributed by atoms with E-state index in [-0.39, 0.29) is 5.97 Å². The van der Waals surface area contributed by atoms with E-state index < -0.39 is 0 Å². The van der Waals surface area contributed by atoms with Gasteiger partial charge in [-0.25, -0.2) is 4.79 Å². The molecule has 0 saturated heterocycles. The highest BCUT2D eigenvalue weighted by Gasteiger charge is 2.13. The summed E-state index contributed by atoms with van der Waals surface area (Å²) >= 11 is 0. The number of benzene rings is 4. The van der Waals surface area contributed by atoms with Crippen LogP contribution in [0.5, 0.6) is 0 Å². The molecular weight excluding hydrogens is 308 g/mol. The highest BCUT2D eigenvalue weighted by atomic mass is 16.5. The molecule has 0 aliphatic rings. The van der Waals surface area contributed by atoms with Crippen molar-refractivity contribution < 1.29 is 9.53 Å². The first-order valence-corrected chi connectivity index (χ1v) is 8.68. The van der Waals surface area contributed by atoms with Crippen molar-refractivity contribution in [3.8, 4) is 0 Å². The highest BCUT2D eigenvalue weighted by Crippen LogP contribution is 2.36. The molecule has 124 valence electrons. The van der Waals surface area contributed by atoms with E-state index >= 15 is 0 Å². The molecule has 2 nitrogen and oxygen atoms in total. The molecule has 2 heteroatoms. The zero-order chi connectivity index (χ0) is 17.4. The van der Waals surface area contributed by atoms with Crippen molar-refractivity contribution in [3.05, 3.63) is 65.7 Å². The molecule has 0 bridgehead atoms. The Morgan fingerprint density at radius 3 is 2.24 bits per heavy atom. The third-order valence-electron chi connectivity index (χ3n) is 4.86. The van der Waals surface area contributed by atoms with Gasteiger partial charge in [0.25, 0.3) is 0 Å².